The Bertz CT molecular complexity index is 875. The molecule has 0 spiro atoms. The minimum Gasteiger partial charge on any atom is -0.346 e. The van der Waals surface area contributed by atoms with Crippen LogP contribution >= 0.6 is 0 Å². The van der Waals surface area contributed by atoms with Crippen molar-refractivity contribution < 1.29 is 22.8 Å². The van der Waals surface area contributed by atoms with Crippen LogP contribution in [0.15, 0.2) is 42.5 Å². The van der Waals surface area contributed by atoms with Crippen LogP contribution in [0.25, 0.3) is 0 Å². The lowest BCUT2D eigenvalue weighted by Gasteiger charge is -2.24. The molecule has 0 unspecified atom stereocenters. The van der Waals surface area contributed by atoms with Gasteiger partial charge in [0.2, 0.25) is 11.8 Å². The van der Waals surface area contributed by atoms with Gasteiger partial charge in [0.05, 0.1) is 18.2 Å². The average molecular weight is 421 g/mol. The predicted molar refractivity (Wildman–Crippen MR) is 110 cm³/mol. The van der Waals surface area contributed by atoms with Crippen LogP contribution in [0.1, 0.15) is 29.2 Å². The minimum atomic E-state index is -4.38. The molecule has 30 heavy (non-hydrogen) atoms. The van der Waals surface area contributed by atoms with E-state index in [-0.39, 0.29) is 18.4 Å². The van der Waals surface area contributed by atoms with Crippen molar-refractivity contribution in [3.8, 4) is 0 Å². The summed E-state index contributed by atoms with van der Waals surface area (Å²) >= 11 is 0. The number of nitrogens with one attached hydrogen (secondary N) is 2. The zero-order valence-electron chi connectivity index (χ0n) is 17.4. The monoisotopic (exact) mass is 421 g/mol. The van der Waals surface area contributed by atoms with E-state index in [1.54, 1.807) is 18.9 Å². The number of hydrogen-bond acceptors (Lipinski definition) is 3. The SMILES string of the molecule is Cc1cccc(C)c1NC(=O)CNC(=O)[C@H](C)N(C)Cc1ccc(C(F)(F)F)cc1. The number of carbonyl (C=O) groups is 2. The van der Waals surface area contributed by atoms with Gasteiger partial charge in [-0.1, -0.05) is 30.3 Å². The first-order valence-electron chi connectivity index (χ1n) is 9.49. The fourth-order valence-electron chi connectivity index (χ4n) is 2.93. The Kier molecular flexibility index (Phi) is 7.61. The number of rotatable bonds is 7. The summed E-state index contributed by atoms with van der Waals surface area (Å²) in [5.41, 5.74) is 2.52. The molecule has 8 heteroatoms. The lowest BCUT2D eigenvalue weighted by Crippen LogP contribution is -2.45. The van der Waals surface area contributed by atoms with E-state index in [0.717, 1.165) is 28.9 Å². The Balaban J connectivity index is 1.86. The highest BCUT2D eigenvalue weighted by molar-refractivity contribution is 5.96. The third-order valence-corrected chi connectivity index (χ3v) is 4.92. The third-order valence-electron chi connectivity index (χ3n) is 4.92. The number of amides is 2. The van der Waals surface area contributed by atoms with Crippen molar-refractivity contribution in [2.45, 2.75) is 39.5 Å². The highest BCUT2D eigenvalue weighted by Gasteiger charge is 2.30. The highest BCUT2D eigenvalue weighted by atomic mass is 19.4. The molecule has 2 aromatic carbocycles. The molecule has 2 N–H and O–H groups in total. The molecular weight excluding hydrogens is 395 g/mol. The molecule has 2 amide bonds. The predicted octanol–water partition coefficient (Wildman–Crippen LogP) is 3.90. The van der Waals surface area contributed by atoms with E-state index >= 15 is 0 Å². The summed E-state index contributed by atoms with van der Waals surface area (Å²) in [6.45, 7) is 5.56. The van der Waals surface area contributed by atoms with E-state index in [1.165, 1.54) is 12.1 Å². The first-order valence-corrected chi connectivity index (χ1v) is 9.49. The number of benzene rings is 2. The Morgan fingerprint density at radius 1 is 1.03 bits per heavy atom. The second-order valence-corrected chi connectivity index (χ2v) is 7.32. The van der Waals surface area contributed by atoms with Crippen LogP contribution in [-0.2, 0) is 22.3 Å². The van der Waals surface area contributed by atoms with Crippen LogP contribution < -0.4 is 10.6 Å². The summed E-state index contributed by atoms with van der Waals surface area (Å²) < 4.78 is 38.0. The second kappa shape index (κ2) is 9.75. The van der Waals surface area contributed by atoms with Crippen LogP contribution in [0.4, 0.5) is 18.9 Å². The van der Waals surface area contributed by atoms with Gasteiger partial charge in [-0.05, 0) is 56.6 Å². The number of para-hydroxylation sites is 1. The van der Waals surface area contributed by atoms with Gasteiger partial charge in [0.1, 0.15) is 0 Å². The summed E-state index contributed by atoms with van der Waals surface area (Å²) in [4.78, 5) is 26.3. The molecule has 0 aromatic heterocycles. The molecule has 0 aliphatic heterocycles. The molecule has 0 saturated carbocycles. The van der Waals surface area contributed by atoms with E-state index in [0.29, 0.717) is 12.1 Å². The molecular formula is C22H26F3N3O2. The summed E-state index contributed by atoms with van der Waals surface area (Å²) in [6, 6.07) is 9.93. The number of anilines is 1. The summed E-state index contributed by atoms with van der Waals surface area (Å²) in [5, 5.41) is 5.40. The normalized spacial score (nSPS) is 12.5. The zero-order chi connectivity index (χ0) is 22.5. The van der Waals surface area contributed by atoms with Gasteiger partial charge in [-0.15, -0.1) is 0 Å². The number of aryl methyl sites for hydroxylation is 2. The molecule has 0 radical (unpaired) electrons. The second-order valence-electron chi connectivity index (χ2n) is 7.32. The standard InChI is InChI=1S/C22H26F3N3O2/c1-14-6-5-7-15(2)20(14)27-19(29)12-26-21(30)16(3)28(4)13-17-8-10-18(11-9-17)22(23,24)25/h5-11,16H,12-13H2,1-4H3,(H,26,30)(H,27,29)/t16-/m0/s1. The minimum absolute atomic E-state index is 0.176. The van der Waals surface area contributed by atoms with E-state index in [9.17, 15) is 22.8 Å². The van der Waals surface area contributed by atoms with Gasteiger partial charge in [0.25, 0.3) is 0 Å². The lowest BCUT2D eigenvalue weighted by molar-refractivity contribution is -0.137. The number of nitrogens with zero attached hydrogens (tertiary/aromatic N) is 1. The number of likely N-dealkylation sites (N-methyl/N-ethyl adjacent to an activating group) is 1. The highest BCUT2D eigenvalue weighted by Crippen LogP contribution is 2.29. The van der Waals surface area contributed by atoms with Crippen LogP contribution in [-0.4, -0.2) is 36.3 Å². The van der Waals surface area contributed by atoms with Crippen molar-refractivity contribution in [2.75, 3.05) is 18.9 Å². The van der Waals surface area contributed by atoms with Crippen LogP contribution in [0.5, 0.6) is 0 Å². The van der Waals surface area contributed by atoms with Crippen LogP contribution in [0.3, 0.4) is 0 Å². The third kappa shape index (κ3) is 6.32. The number of halogens is 3. The van der Waals surface area contributed by atoms with Crippen LogP contribution in [0, 0.1) is 13.8 Å². The maximum absolute atomic E-state index is 12.7. The Labute approximate surface area is 174 Å². The molecule has 0 aliphatic rings. The Morgan fingerprint density at radius 3 is 2.13 bits per heavy atom. The molecule has 1 atom stereocenters. The number of alkyl halides is 3. The fourth-order valence-corrected chi connectivity index (χ4v) is 2.93. The lowest BCUT2D eigenvalue weighted by atomic mass is 10.1. The van der Waals surface area contributed by atoms with Crippen molar-refractivity contribution in [3.05, 3.63) is 64.7 Å². The molecule has 2 aromatic rings. The summed E-state index contributed by atoms with van der Waals surface area (Å²) in [7, 11) is 1.69. The Morgan fingerprint density at radius 2 is 1.60 bits per heavy atom. The van der Waals surface area contributed by atoms with Gasteiger partial charge in [-0.2, -0.15) is 13.2 Å². The molecule has 0 fully saturated rings. The van der Waals surface area contributed by atoms with E-state index in [2.05, 4.69) is 10.6 Å². The van der Waals surface area contributed by atoms with Crippen molar-refractivity contribution in [2.24, 2.45) is 0 Å². The molecule has 0 heterocycles. The van der Waals surface area contributed by atoms with Gasteiger partial charge in [0.15, 0.2) is 0 Å². The quantitative estimate of drug-likeness (QED) is 0.713. The first-order chi connectivity index (χ1) is 14.0. The molecule has 2 rings (SSSR count). The maximum atomic E-state index is 12.7. The smallest absolute Gasteiger partial charge is 0.346 e. The molecule has 0 aliphatic carbocycles. The number of carbonyl (C=O) groups excluding carboxylic acids is 2. The van der Waals surface area contributed by atoms with E-state index < -0.39 is 17.8 Å². The van der Waals surface area contributed by atoms with Gasteiger partial charge >= 0.3 is 6.18 Å². The average Bonchev–Trinajstić information content (AvgIpc) is 2.68. The Hall–Kier alpha value is -2.87. The van der Waals surface area contributed by atoms with E-state index in [4.69, 9.17) is 0 Å². The topological polar surface area (TPSA) is 61.4 Å². The zero-order valence-corrected chi connectivity index (χ0v) is 17.4. The van der Waals surface area contributed by atoms with Crippen LogP contribution in [0.2, 0.25) is 0 Å². The molecule has 162 valence electrons. The van der Waals surface area contributed by atoms with Crippen molar-refractivity contribution in [3.63, 3.8) is 0 Å². The van der Waals surface area contributed by atoms with Crippen molar-refractivity contribution >= 4 is 17.5 Å². The van der Waals surface area contributed by atoms with Gasteiger partial charge in [-0.25, -0.2) is 0 Å². The maximum Gasteiger partial charge on any atom is 0.416 e. The number of hydrogen-bond donors (Lipinski definition) is 2. The molecule has 5 nitrogen and oxygen atoms in total. The van der Waals surface area contributed by atoms with E-state index in [1.807, 2.05) is 32.0 Å². The van der Waals surface area contributed by atoms with Gasteiger partial charge < -0.3 is 10.6 Å². The summed E-state index contributed by atoms with van der Waals surface area (Å²) in [6.07, 6.45) is -4.38. The van der Waals surface area contributed by atoms with Crippen molar-refractivity contribution in [1.29, 1.82) is 0 Å². The fraction of sp³-hybridized carbons (Fsp3) is 0.364. The molecule has 0 bridgehead atoms. The molecule has 0 saturated heterocycles. The first kappa shape index (κ1) is 23.4. The van der Waals surface area contributed by atoms with Gasteiger partial charge in [0, 0.05) is 12.2 Å². The largest absolute Gasteiger partial charge is 0.416 e. The van der Waals surface area contributed by atoms with Gasteiger partial charge in [-0.3, -0.25) is 14.5 Å². The summed E-state index contributed by atoms with van der Waals surface area (Å²) in [5.74, 6) is -0.681. The van der Waals surface area contributed by atoms with Crippen molar-refractivity contribution in [1.82, 2.24) is 10.2 Å².